The first-order valence-corrected chi connectivity index (χ1v) is 10.5. The molecular formula is C16H19BrF2N2O4S. The molecule has 0 bridgehead atoms. The van der Waals surface area contributed by atoms with E-state index in [-0.39, 0.29) is 12.4 Å². The predicted molar refractivity (Wildman–Crippen MR) is 96.8 cm³/mol. The van der Waals surface area contributed by atoms with Crippen LogP contribution in [0.25, 0.3) is 11.3 Å². The van der Waals surface area contributed by atoms with Crippen molar-refractivity contribution in [3.63, 3.8) is 0 Å². The molecular weight excluding hydrogens is 434 g/mol. The fraction of sp³-hybridized carbons (Fsp3) is 0.438. The summed E-state index contributed by atoms with van der Waals surface area (Å²) in [4.78, 5) is 0. The van der Waals surface area contributed by atoms with Crippen molar-refractivity contribution in [2.45, 2.75) is 32.9 Å². The standard InChI is InChI=1S/C16H19BrF2N2O4S/c1-3-12-10-14(21(20-12)7-4-8-24-26(2,22)23)13-6-5-11(17)9-15(13)25-16(18)19/h5-6,9-10,16H,3-4,7-8H2,1-2H3. The van der Waals surface area contributed by atoms with E-state index in [1.807, 2.05) is 6.92 Å². The van der Waals surface area contributed by atoms with Crippen molar-refractivity contribution in [1.29, 1.82) is 0 Å². The highest BCUT2D eigenvalue weighted by Gasteiger charge is 2.17. The maximum Gasteiger partial charge on any atom is 0.387 e. The minimum atomic E-state index is -3.50. The molecule has 0 aliphatic carbocycles. The molecule has 0 N–H and O–H groups in total. The Morgan fingerprint density at radius 2 is 2.04 bits per heavy atom. The second-order valence-corrected chi connectivity index (χ2v) is 8.06. The van der Waals surface area contributed by atoms with Gasteiger partial charge in [-0.2, -0.15) is 22.3 Å². The maximum absolute atomic E-state index is 12.7. The molecule has 1 aromatic carbocycles. The molecule has 0 aliphatic heterocycles. The van der Waals surface area contributed by atoms with Crippen molar-refractivity contribution >= 4 is 26.0 Å². The largest absolute Gasteiger partial charge is 0.434 e. The molecule has 0 amide bonds. The van der Waals surface area contributed by atoms with Crippen LogP contribution < -0.4 is 4.74 Å². The van der Waals surface area contributed by atoms with Crippen LogP contribution >= 0.6 is 15.9 Å². The molecule has 2 aromatic rings. The average molecular weight is 453 g/mol. The highest BCUT2D eigenvalue weighted by molar-refractivity contribution is 9.10. The Morgan fingerprint density at radius 1 is 1.31 bits per heavy atom. The topological polar surface area (TPSA) is 70.4 Å². The van der Waals surface area contributed by atoms with Gasteiger partial charge in [-0.05, 0) is 37.1 Å². The van der Waals surface area contributed by atoms with Gasteiger partial charge in [0.2, 0.25) is 0 Å². The highest BCUT2D eigenvalue weighted by atomic mass is 79.9. The van der Waals surface area contributed by atoms with Gasteiger partial charge in [-0.25, -0.2) is 0 Å². The average Bonchev–Trinajstić information content (AvgIpc) is 2.93. The van der Waals surface area contributed by atoms with E-state index < -0.39 is 16.7 Å². The molecule has 0 atom stereocenters. The molecule has 0 radical (unpaired) electrons. The van der Waals surface area contributed by atoms with Crippen molar-refractivity contribution < 1.29 is 26.1 Å². The quantitative estimate of drug-likeness (QED) is 0.426. The molecule has 144 valence electrons. The monoisotopic (exact) mass is 452 g/mol. The van der Waals surface area contributed by atoms with Crippen LogP contribution in [0.5, 0.6) is 5.75 Å². The Bertz CT molecular complexity index is 856. The minimum Gasteiger partial charge on any atom is -0.434 e. The summed E-state index contributed by atoms with van der Waals surface area (Å²) in [7, 11) is -3.50. The Balaban J connectivity index is 2.30. The second kappa shape index (κ2) is 8.92. The van der Waals surface area contributed by atoms with Gasteiger partial charge in [-0.1, -0.05) is 22.9 Å². The molecule has 26 heavy (non-hydrogen) atoms. The van der Waals surface area contributed by atoms with E-state index >= 15 is 0 Å². The van der Waals surface area contributed by atoms with Crippen LogP contribution in [0.4, 0.5) is 8.78 Å². The molecule has 6 nitrogen and oxygen atoms in total. The molecule has 1 heterocycles. The minimum absolute atomic E-state index is 0.0142. The van der Waals surface area contributed by atoms with Gasteiger partial charge in [0, 0.05) is 16.6 Å². The summed E-state index contributed by atoms with van der Waals surface area (Å²) in [6.45, 7) is -0.635. The first-order chi connectivity index (χ1) is 12.2. The van der Waals surface area contributed by atoms with Crippen molar-refractivity contribution in [3.8, 4) is 17.0 Å². The number of alkyl halides is 2. The first kappa shape index (κ1) is 20.8. The molecule has 0 fully saturated rings. The second-order valence-electron chi connectivity index (χ2n) is 5.50. The number of aryl methyl sites for hydroxylation is 2. The van der Waals surface area contributed by atoms with Gasteiger partial charge < -0.3 is 4.74 Å². The lowest BCUT2D eigenvalue weighted by molar-refractivity contribution is -0.0495. The molecule has 0 aliphatic rings. The van der Waals surface area contributed by atoms with E-state index in [9.17, 15) is 17.2 Å². The molecule has 2 rings (SSSR count). The predicted octanol–water partition coefficient (Wildman–Crippen LogP) is 3.84. The number of hydrogen-bond acceptors (Lipinski definition) is 5. The van der Waals surface area contributed by atoms with Crippen molar-refractivity contribution in [1.82, 2.24) is 9.78 Å². The zero-order valence-corrected chi connectivity index (χ0v) is 16.7. The fourth-order valence-corrected chi connectivity index (χ4v) is 3.12. The van der Waals surface area contributed by atoms with Gasteiger partial charge in [0.25, 0.3) is 10.1 Å². The van der Waals surface area contributed by atoms with E-state index in [0.29, 0.717) is 35.1 Å². The van der Waals surface area contributed by atoms with E-state index in [1.165, 1.54) is 6.07 Å². The molecule has 0 spiro atoms. The third-order valence-electron chi connectivity index (χ3n) is 3.44. The Hall–Kier alpha value is -1.52. The fourth-order valence-electron chi connectivity index (χ4n) is 2.36. The summed E-state index contributed by atoms with van der Waals surface area (Å²) < 4.78 is 59.2. The Kier molecular flexibility index (Phi) is 7.13. The number of rotatable bonds is 9. The van der Waals surface area contributed by atoms with Crippen LogP contribution in [0.3, 0.4) is 0 Å². The smallest absolute Gasteiger partial charge is 0.387 e. The first-order valence-electron chi connectivity index (χ1n) is 7.85. The summed E-state index contributed by atoms with van der Waals surface area (Å²) in [6.07, 6.45) is 2.05. The number of nitrogens with zero attached hydrogens (tertiary/aromatic N) is 2. The van der Waals surface area contributed by atoms with Gasteiger partial charge in [0.05, 0.1) is 24.3 Å². The summed E-state index contributed by atoms with van der Waals surface area (Å²) >= 11 is 3.25. The van der Waals surface area contributed by atoms with Gasteiger partial charge in [0.1, 0.15) is 5.75 Å². The van der Waals surface area contributed by atoms with Crippen LogP contribution in [-0.4, -0.2) is 37.7 Å². The molecule has 0 saturated carbocycles. The Morgan fingerprint density at radius 3 is 2.65 bits per heavy atom. The lowest BCUT2D eigenvalue weighted by Crippen LogP contribution is -2.10. The number of halogens is 3. The molecule has 0 saturated heterocycles. The molecule has 10 heteroatoms. The lowest BCUT2D eigenvalue weighted by Gasteiger charge is -2.13. The van der Waals surface area contributed by atoms with Crippen molar-refractivity contribution in [2.75, 3.05) is 12.9 Å². The highest BCUT2D eigenvalue weighted by Crippen LogP contribution is 2.34. The van der Waals surface area contributed by atoms with Gasteiger partial charge in [0.15, 0.2) is 0 Å². The third kappa shape index (κ3) is 6.03. The van der Waals surface area contributed by atoms with Crippen LogP contribution in [0, 0.1) is 0 Å². The summed E-state index contributed by atoms with van der Waals surface area (Å²) in [5, 5.41) is 4.44. The van der Waals surface area contributed by atoms with Crippen molar-refractivity contribution in [2.24, 2.45) is 0 Å². The van der Waals surface area contributed by atoms with Crippen molar-refractivity contribution in [3.05, 3.63) is 34.4 Å². The van der Waals surface area contributed by atoms with Gasteiger partial charge in [-0.15, -0.1) is 0 Å². The lowest BCUT2D eigenvalue weighted by atomic mass is 10.1. The van der Waals surface area contributed by atoms with E-state index in [2.05, 4.69) is 25.8 Å². The van der Waals surface area contributed by atoms with E-state index in [1.54, 1.807) is 22.9 Å². The zero-order valence-electron chi connectivity index (χ0n) is 14.3. The van der Waals surface area contributed by atoms with Crippen LogP contribution in [-0.2, 0) is 27.3 Å². The normalized spacial score (nSPS) is 11.9. The third-order valence-corrected chi connectivity index (χ3v) is 4.53. The van der Waals surface area contributed by atoms with Gasteiger partial charge >= 0.3 is 6.61 Å². The SMILES string of the molecule is CCc1cc(-c2ccc(Br)cc2OC(F)F)n(CCCOS(C)(=O)=O)n1. The van der Waals surface area contributed by atoms with E-state index in [4.69, 9.17) is 4.18 Å². The Labute approximate surface area is 159 Å². The van der Waals surface area contributed by atoms with Crippen LogP contribution in [0.15, 0.2) is 28.7 Å². The summed E-state index contributed by atoms with van der Waals surface area (Å²) in [5.74, 6) is 0.0329. The van der Waals surface area contributed by atoms with Crippen LogP contribution in [0.2, 0.25) is 0 Å². The maximum atomic E-state index is 12.7. The zero-order chi connectivity index (χ0) is 19.3. The number of hydrogen-bond donors (Lipinski definition) is 0. The number of benzene rings is 1. The van der Waals surface area contributed by atoms with Crippen LogP contribution in [0.1, 0.15) is 19.0 Å². The van der Waals surface area contributed by atoms with E-state index in [0.717, 1.165) is 11.9 Å². The number of aromatic nitrogens is 2. The summed E-state index contributed by atoms with van der Waals surface area (Å²) in [6, 6.07) is 6.67. The molecule has 1 aromatic heterocycles. The number of ether oxygens (including phenoxy) is 1. The summed E-state index contributed by atoms with van der Waals surface area (Å²) in [5.41, 5.74) is 1.88. The van der Waals surface area contributed by atoms with Gasteiger partial charge in [-0.3, -0.25) is 8.86 Å². The molecule has 0 unspecified atom stereocenters.